The first kappa shape index (κ1) is 13.9. The monoisotopic (exact) mass is 277 g/mol. The van der Waals surface area contributed by atoms with E-state index in [0.717, 1.165) is 30.7 Å². The number of nitrogens with one attached hydrogen (secondary N) is 1. The molecule has 4 nitrogen and oxygen atoms in total. The Morgan fingerprint density at radius 3 is 2.75 bits per heavy atom. The summed E-state index contributed by atoms with van der Waals surface area (Å²) in [6.07, 6.45) is 10.9. The third kappa shape index (κ3) is 3.17. The predicted molar refractivity (Wildman–Crippen MR) is 80.8 cm³/mol. The zero-order chi connectivity index (χ0) is 13.9. The van der Waals surface area contributed by atoms with Crippen LogP contribution >= 0.6 is 0 Å². The fourth-order valence-electron chi connectivity index (χ4n) is 3.69. The maximum atomic E-state index is 5.67. The molecule has 2 fully saturated rings. The molecule has 0 radical (unpaired) electrons. The van der Waals surface area contributed by atoms with Crippen LogP contribution in [-0.4, -0.2) is 28.5 Å². The summed E-state index contributed by atoms with van der Waals surface area (Å²) < 4.78 is 7.69. The van der Waals surface area contributed by atoms with Crippen molar-refractivity contribution in [3.8, 4) is 0 Å². The van der Waals surface area contributed by atoms with Gasteiger partial charge in [-0.2, -0.15) is 5.10 Å². The summed E-state index contributed by atoms with van der Waals surface area (Å²) in [5, 5.41) is 8.17. The van der Waals surface area contributed by atoms with Crippen LogP contribution in [0.15, 0.2) is 12.4 Å². The SMILES string of the molecule is CC1CCCC(C)C1Nc1cnn(CC2CCCO2)c1. The standard InChI is InChI=1S/C16H27N3O/c1-12-5-3-6-13(2)16(12)18-14-9-17-19(10-14)11-15-7-4-8-20-15/h9-10,12-13,15-16,18H,3-8,11H2,1-2H3. The van der Waals surface area contributed by atoms with E-state index in [-0.39, 0.29) is 0 Å². The van der Waals surface area contributed by atoms with Gasteiger partial charge in [0.25, 0.3) is 0 Å². The summed E-state index contributed by atoms with van der Waals surface area (Å²) in [6, 6.07) is 0.587. The van der Waals surface area contributed by atoms with E-state index in [4.69, 9.17) is 4.74 Å². The minimum Gasteiger partial charge on any atom is -0.379 e. The Balaban J connectivity index is 1.58. The van der Waals surface area contributed by atoms with Crippen LogP contribution in [0.2, 0.25) is 0 Å². The van der Waals surface area contributed by atoms with Crippen molar-refractivity contribution in [1.82, 2.24) is 9.78 Å². The summed E-state index contributed by atoms with van der Waals surface area (Å²) in [4.78, 5) is 0. The summed E-state index contributed by atoms with van der Waals surface area (Å²) in [6.45, 7) is 6.53. The molecule has 1 saturated heterocycles. The third-order valence-electron chi connectivity index (χ3n) is 4.93. The van der Waals surface area contributed by atoms with Crippen molar-refractivity contribution < 1.29 is 4.74 Å². The van der Waals surface area contributed by atoms with Crippen LogP contribution < -0.4 is 5.32 Å². The minimum absolute atomic E-state index is 0.357. The highest BCUT2D eigenvalue weighted by molar-refractivity contribution is 5.39. The van der Waals surface area contributed by atoms with Crippen LogP contribution in [0.1, 0.15) is 46.0 Å². The first-order chi connectivity index (χ1) is 9.72. The lowest BCUT2D eigenvalue weighted by atomic mass is 9.78. The largest absolute Gasteiger partial charge is 0.379 e. The molecular weight excluding hydrogens is 250 g/mol. The van der Waals surface area contributed by atoms with E-state index in [9.17, 15) is 0 Å². The normalized spacial score (nSPS) is 34.3. The molecule has 3 rings (SSSR count). The Kier molecular flexibility index (Phi) is 4.29. The second-order valence-electron chi connectivity index (χ2n) is 6.64. The van der Waals surface area contributed by atoms with Gasteiger partial charge >= 0.3 is 0 Å². The van der Waals surface area contributed by atoms with Gasteiger partial charge in [-0.25, -0.2) is 0 Å². The molecule has 1 N–H and O–H groups in total. The Labute approximate surface area is 121 Å². The molecule has 2 aliphatic rings. The van der Waals surface area contributed by atoms with Crippen molar-refractivity contribution in [2.24, 2.45) is 11.8 Å². The van der Waals surface area contributed by atoms with Gasteiger partial charge in [-0.1, -0.05) is 20.3 Å². The lowest BCUT2D eigenvalue weighted by Gasteiger charge is -2.35. The second kappa shape index (κ2) is 6.17. The summed E-state index contributed by atoms with van der Waals surface area (Å²) in [7, 11) is 0. The maximum Gasteiger partial charge on any atom is 0.0771 e. The van der Waals surface area contributed by atoms with Crippen molar-refractivity contribution in [2.75, 3.05) is 11.9 Å². The lowest BCUT2D eigenvalue weighted by molar-refractivity contribution is 0.0940. The van der Waals surface area contributed by atoms with E-state index < -0.39 is 0 Å². The van der Waals surface area contributed by atoms with Gasteiger partial charge in [0, 0.05) is 18.8 Å². The zero-order valence-corrected chi connectivity index (χ0v) is 12.7. The van der Waals surface area contributed by atoms with Gasteiger partial charge in [-0.05, 0) is 37.5 Å². The minimum atomic E-state index is 0.357. The number of aromatic nitrogens is 2. The average Bonchev–Trinajstić information content (AvgIpc) is 3.07. The fraction of sp³-hybridized carbons (Fsp3) is 0.812. The van der Waals surface area contributed by atoms with Gasteiger partial charge < -0.3 is 10.1 Å². The molecule has 3 unspecified atom stereocenters. The first-order valence-corrected chi connectivity index (χ1v) is 8.13. The van der Waals surface area contributed by atoms with Crippen molar-refractivity contribution in [2.45, 2.75) is 64.6 Å². The van der Waals surface area contributed by atoms with Crippen LogP contribution in [0.3, 0.4) is 0 Å². The van der Waals surface area contributed by atoms with Gasteiger partial charge in [0.2, 0.25) is 0 Å². The van der Waals surface area contributed by atoms with E-state index >= 15 is 0 Å². The molecule has 3 atom stereocenters. The van der Waals surface area contributed by atoms with E-state index in [2.05, 4.69) is 30.5 Å². The molecular formula is C16H27N3O. The molecule has 1 aliphatic heterocycles. The number of hydrogen-bond acceptors (Lipinski definition) is 3. The first-order valence-electron chi connectivity index (χ1n) is 8.13. The van der Waals surface area contributed by atoms with E-state index in [1.54, 1.807) is 0 Å². The third-order valence-corrected chi connectivity index (χ3v) is 4.93. The highest BCUT2D eigenvalue weighted by Crippen LogP contribution is 2.31. The molecule has 1 aromatic rings. The molecule has 20 heavy (non-hydrogen) atoms. The molecule has 0 spiro atoms. The van der Waals surface area contributed by atoms with Crippen LogP contribution in [0.5, 0.6) is 0 Å². The summed E-state index contributed by atoms with van der Waals surface area (Å²) in [5.41, 5.74) is 1.16. The van der Waals surface area contributed by atoms with Crippen LogP contribution in [0.4, 0.5) is 5.69 Å². The fourth-order valence-corrected chi connectivity index (χ4v) is 3.69. The number of rotatable bonds is 4. The molecule has 0 amide bonds. The van der Waals surface area contributed by atoms with Gasteiger partial charge in [0.15, 0.2) is 0 Å². The Morgan fingerprint density at radius 1 is 1.25 bits per heavy atom. The highest BCUT2D eigenvalue weighted by Gasteiger charge is 2.27. The Bertz CT molecular complexity index is 415. The molecule has 0 aromatic carbocycles. The quantitative estimate of drug-likeness (QED) is 0.918. The molecule has 1 aromatic heterocycles. The highest BCUT2D eigenvalue weighted by atomic mass is 16.5. The predicted octanol–water partition coefficient (Wildman–Crippen LogP) is 3.30. The van der Waals surface area contributed by atoms with Gasteiger partial charge in [0.1, 0.15) is 0 Å². The van der Waals surface area contributed by atoms with E-state index in [1.165, 1.54) is 32.1 Å². The molecule has 4 heteroatoms. The maximum absolute atomic E-state index is 5.67. The number of anilines is 1. The smallest absolute Gasteiger partial charge is 0.0771 e. The molecule has 1 saturated carbocycles. The van der Waals surface area contributed by atoms with Gasteiger partial charge in [-0.3, -0.25) is 4.68 Å². The van der Waals surface area contributed by atoms with Crippen LogP contribution in [-0.2, 0) is 11.3 Å². The summed E-state index contributed by atoms with van der Waals surface area (Å²) in [5.74, 6) is 1.50. The Hall–Kier alpha value is -1.03. The summed E-state index contributed by atoms with van der Waals surface area (Å²) >= 11 is 0. The molecule has 2 heterocycles. The molecule has 1 aliphatic carbocycles. The molecule has 0 bridgehead atoms. The van der Waals surface area contributed by atoms with Gasteiger partial charge in [0.05, 0.1) is 24.5 Å². The van der Waals surface area contributed by atoms with Crippen molar-refractivity contribution in [3.63, 3.8) is 0 Å². The van der Waals surface area contributed by atoms with E-state index in [1.807, 2.05) is 10.9 Å². The van der Waals surface area contributed by atoms with Crippen molar-refractivity contribution in [1.29, 1.82) is 0 Å². The average molecular weight is 277 g/mol. The van der Waals surface area contributed by atoms with Crippen molar-refractivity contribution in [3.05, 3.63) is 12.4 Å². The van der Waals surface area contributed by atoms with Crippen molar-refractivity contribution >= 4 is 5.69 Å². The molecule has 112 valence electrons. The number of hydrogen-bond donors (Lipinski definition) is 1. The number of ether oxygens (including phenoxy) is 1. The topological polar surface area (TPSA) is 39.1 Å². The Morgan fingerprint density at radius 2 is 2.05 bits per heavy atom. The van der Waals surface area contributed by atoms with Gasteiger partial charge in [-0.15, -0.1) is 0 Å². The zero-order valence-electron chi connectivity index (χ0n) is 12.7. The second-order valence-corrected chi connectivity index (χ2v) is 6.64. The van der Waals surface area contributed by atoms with E-state index in [0.29, 0.717) is 12.1 Å². The van der Waals surface area contributed by atoms with Crippen LogP contribution in [0, 0.1) is 11.8 Å². The number of nitrogens with zero attached hydrogens (tertiary/aromatic N) is 2. The van der Waals surface area contributed by atoms with Crippen LogP contribution in [0.25, 0.3) is 0 Å². The lowest BCUT2D eigenvalue weighted by Crippen LogP contribution is -2.36.